The quantitative estimate of drug-likeness (QED) is 0.523. The summed E-state index contributed by atoms with van der Waals surface area (Å²) in [5.74, 6) is 0.0520. The molecule has 1 aliphatic heterocycles. The third kappa shape index (κ3) is 5.38. The lowest BCUT2D eigenvalue weighted by Gasteiger charge is -2.30. The van der Waals surface area contributed by atoms with Gasteiger partial charge in [0.15, 0.2) is 5.82 Å². The Kier molecular flexibility index (Phi) is 7.07. The van der Waals surface area contributed by atoms with Gasteiger partial charge in [0, 0.05) is 24.8 Å². The standard InChI is InChI=1S/C26H33N5O5/c1-17(2)20-14-21(23(33)15-22(20)32)31-24(16-27-28-31)30(25(34)36-26(3,4)5)19-8-6-18(7-9-19)29-10-12-35-13-11-29/h6-9,14-17,32-33H,10-13H2,1-5H3. The van der Waals surface area contributed by atoms with Crippen molar-refractivity contribution in [3.05, 3.63) is 48.2 Å². The number of hydrogen-bond donors (Lipinski definition) is 2. The topological polar surface area (TPSA) is 113 Å². The zero-order valence-corrected chi connectivity index (χ0v) is 21.3. The first kappa shape index (κ1) is 25.3. The Morgan fingerprint density at radius 1 is 1.08 bits per heavy atom. The van der Waals surface area contributed by atoms with E-state index in [-0.39, 0.29) is 28.9 Å². The van der Waals surface area contributed by atoms with Gasteiger partial charge in [0.1, 0.15) is 22.8 Å². The number of ether oxygens (including phenoxy) is 2. The number of nitrogens with zero attached hydrogens (tertiary/aromatic N) is 5. The number of carbonyl (C=O) groups is 1. The molecule has 1 aromatic heterocycles. The van der Waals surface area contributed by atoms with Crippen molar-refractivity contribution in [3.8, 4) is 17.2 Å². The van der Waals surface area contributed by atoms with Gasteiger partial charge in [0.2, 0.25) is 0 Å². The lowest BCUT2D eigenvalue weighted by Crippen LogP contribution is -2.36. The normalized spacial score (nSPS) is 14.2. The van der Waals surface area contributed by atoms with E-state index in [0.717, 1.165) is 18.8 Å². The summed E-state index contributed by atoms with van der Waals surface area (Å²) in [4.78, 5) is 17.0. The molecule has 10 heteroatoms. The number of amides is 1. The smallest absolute Gasteiger partial charge is 0.420 e. The van der Waals surface area contributed by atoms with E-state index in [1.807, 2.05) is 38.1 Å². The fourth-order valence-electron chi connectivity index (χ4n) is 4.04. The van der Waals surface area contributed by atoms with Crippen molar-refractivity contribution in [1.29, 1.82) is 0 Å². The molecule has 192 valence electrons. The molecule has 0 saturated carbocycles. The first-order valence-electron chi connectivity index (χ1n) is 12.0. The average Bonchev–Trinajstić information content (AvgIpc) is 3.28. The number of rotatable bonds is 5. The third-order valence-corrected chi connectivity index (χ3v) is 5.79. The molecular weight excluding hydrogens is 462 g/mol. The van der Waals surface area contributed by atoms with Crippen LogP contribution in [0.1, 0.15) is 46.1 Å². The van der Waals surface area contributed by atoms with Gasteiger partial charge in [-0.1, -0.05) is 19.1 Å². The molecule has 1 saturated heterocycles. The summed E-state index contributed by atoms with van der Waals surface area (Å²) >= 11 is 0. The number of benzene rings is 2. The Hall–Kier alpha value is -3.79. The first-order chi connectivity index (χ1) is 17.0. The maximum absolute atomic E-state index is 13.4. The molecule has 2 aromatic carbocycles. The highest BCUT2D eigenvalue weighted by Crippen LogP contribution is 2.37. The number of hydrogen-bond acceptors (Lipinski definition) is 8. The second-order valence-electron chi connectivity index (χ2n) is 9.99. The molecule has 1 amide bonds. The van der Waals surface area contributed by atoms with Crippen LogP contribution in [0.5, 0.6) is 11.5 Å². The maximum Gasteiger partial charge on any atom is 0.420 e. The van der Waals surface area contributed by atoms with E-state index in [1.165, 1.54) is 21.8 Å². The molecular formula is C26H33N5O5. The molecule has 0 aliphatic carbocycles. The SMILES string of the molecule is CC(C)c1cc(-n2nncc2N(C(=O)OC(C)(C)C)c2ccc(N3CCOCC3)cc2)c(O)cc1O. The van der Waals surface area contributed by atoms with Gasteiger partial charge in [-0.25, -0.2) is 9.69 Å². The van der Waals surface area contributed by atoms with Gasteiger partial charge in [-0.15, -0.1) is 5.10 Å². The number of morpholine rings is 1. The number of anilines is 3. The average molecular weight is 496 g/mol. The van der Waals surface area contributed by atoms with Crippen LogP contribution >= 0.6 is 0 Å². The van der Waals surface area contributed by atoms with E-state index < -0.39 is 11.7 Å². The third-order valence-electron chi connectivity index (χ3n) is 5.79. The minimum Gasteiger partial charge on any atom is -0.508 e. The van der Waals surface area contributed by atoms with E-state index in [0.29, 0.717) is 24.5 Å². The van der Waals surface area contributed by atoms with E-state index in [9.17, 15) is 15.0 Å². The van der Waals surface area contributed by atoms with Crippen LogP contribution in [-0.2, 0) is 9.47 Å². The zero-order valence-electron chi connectivity index (χ0n) is 21.3. The van der Waals surface area contributed by atoms with Crippen molar-refractivity contribution in [2.24, 2.45) is 0 Å². The largest absolute Gasteiger partial charge is 0.508 e. The summed E-state index contributed by atoms with van der Waals surface area (Å²) < 4.78 is 12.5. The number of aromatic nitrogens is 3. The van der Waals surface area contributed by atoms with Crippen LogP contribution in [-0.4, -0.2) is 63.2 Å². The zero-order chi connectivity index (χ0) is 26.0. The summed E-state index contributed by atoms with van der Waals surface area (Å²) in [6.45, 7) is 12.2. The van der Waals surface area contributed by atoms with Crippen LogP contribution in [0.3, 0.4) is 0 Å². The van der Waals surface area contributed by atoms with E-state index in [2.05, 4.69) is 15.2 Å². The minimum absolute atomic E-state index is 0.00832. The van der Waals surface area contributed by atoms with Crippen LogP contribution in [0.4, 0.5) is 22.0 Å². The van der Waals surface area contributed by atoms with Crippen molar-refractivity contribution >= 4 is 23.3 Å². The summed E-state index contributed by atoms with van der Waals surface area (Å²) in [6.07, 6.45) is 0.814. The Balaban J connectivity index is 1.78. The number of carbonyl (C=O) groups excluding carboxylic acids is 1. The molecule has 0 spiro atoms. The number of aromatic hydroxyl groups is 2. The Morgan fingerprint density at radius 3 is 2.36 bits per heavy atom. The summed E-state index contributed by atoms with van der Waals surface area (Å²) in [7, 11) is 0. The van der Waals surface area contributed by atoms with Crippen LogP contribution < -0.4 is 9.80 Å². The maximum atomic E-state index is 13.4. The molecule has 2 N–H and O–H groups in total. The minimum atomic E-state index is -0.743. The molecule has 36 heavy (non-hydrogen) atoms. The molecule has 0 radical (unpaired) electrons. The van der Waals surface area contributed by atoms with Gasteiger partial charge in [0.05, 0.1) is 25.1 Å². The lowest BCUT2D eigenvalue weighted by molar-refractivity contribution is 0.0597. The highest BCUT2D eigenvalue weighted by Gasteiger charge is 2.29. The van der Waals surface area contributed by atoms with Gasteiger partial charge in [0.25, 0.3) is 0 Å². The van der Waals surface area contributed by atoms with Crippen LogP contribution in [0.15, 0.2) is 42.6 Å². The summed E-state index contributed by atoms with van der Waals surface area (Å²) in [6, 6.07) is 10.5. The van der Waals surface area contributed by atoms with Gasteiger partial charge >= 0.3 is 6.09 Å². The van der Waals surface area contributed by atoms with Gasteiger partial charge in [-0.05, 0) is 62.6 Å². The fourth-order valence-corrected chi connectivity index (χ4v) is 4.04. The Morgan fingerprint density at radius 2 is 1.75 bits per heavy atom. The van der Waals surface area contributed by atoms with Crippen LogP contribution in [0.25, 0.3) is 5.69 Å². The monoisotopic (exact) mass is 495 g/mol. The van der Waals surface area contributed by atoms with Gasteiger partial charge in [-0.2, -0.15) is 4.68 Å². The Labute approximate surface area is 210 Å². The molecule has 10 nitrogen and oxygen atoms in total. The second kappa shape index (κ2) is 10.1. The molecule has 3 aromatic rings. The molecule has 1 aliphatic rings. The molecule has 0 atom stereocenters. The van der Waals surface area contributed by atoms with Crippen LogP contribution in [0, 0.1) is 0 Å². The summed E-state index contributed by atoms with van der Waals surface area (Å²) in [5.41, 5.74) is 1.74. The van der Waals surface area contributed by atoms with Crippen LogP contribution in [0.2, 0.25) is 0 Å². The molecule has 0 unspecified atom stereocenters. The predicted octanol–water partition coefficient (Wildman–Crippen LogP) is 4.71. The van der Waals surface area contributed by atoms with Gasteiger partial charge in [-0.3, -0.25) is 0 Å². The highest BCUT2D eigenvalue weighted by molar-refractivity contribution is 5.95. The van der Waals surface area contributed by atoms with E-state index >= 15 is 0 Å². The number of phenolic OH excluding ortho intramolecular Hbond substituents is 2. The molecule has 0 bridgehead atoms. The predicted molar refractivity (Wildman–Crippen MR) is 137 cm³/mol. The van der Waals surface area contributed by atoms with Gasteiger partial charge < -0.3 is 24.6 Å². The lowest BCUT2D eigenvalue weighted by atomic mass is 10.0. The molecule has 1 fully saturated rings. The number of phenols is 2. The van der Waals surface area contributed by atoms with Crippen molar-refractivity contribution < 1.29 is 24.5 Å². The molecule has 2 heterocycles. The fraction of sp³-hybridized carbons (Fsp3) is 0.423. The Bertz CT molecular complexity index is 1210. The second-order valence-corrected chi connectivity index (χ2v) is 9.99. The van der Waals surface area contributed by atoms with E-state index in [4.69, 9.17) is 9.47 Å². The van der Waals surface area contributed by atoms with Crippen molar-refractivity contribution in [1.82, 2.24) is 15.0 Å². The van der Waals surface area contributed by atoms with Crippen molar-refractivity contribution in [3.63, 3.8) is 0 Å². The van der Waals surface area contributed by atoms with Crippen molar-refractivity contribution in [2.45, 2.75) is 46.1 Å². The highest BCUT2D eigenvalue weighted by atomic mass is 16.6. The molecule has 4 rings (SSSR count). The van der Waals surface area contributed by atoms with E-state index in [1.54, 1.807) is 26.8 Å². The first-order valence-corrected chi connectivity index (χ1v) is 12.0. The van der Waals surface area contributed by atoms with Crippen molar-refractivity contribution in [2.75, 3.05) is 36.1 Å². The summed E-state index contributed by atoms with van der Waals surface area (Å²) in [5, 5.41) is 29.1.